The molecule has 0 saturated carbocycles. The highest BCUT2D eigenvalue weighted by molar-refractivity contribution is 7.09. The van der Waals surface area contributed by atoms with Gasteiger partial charge in [-0.1, -0.05) is 0 Å². The van der Waals surface area contributed by atoms with E-state index in [1.807, 2.05) is 0 Å². The zero-order chi connectivity index (χ0) is 5.28. The van der Waals surface area contributed by atoms with Crippen LogP contribution in [-0.4, -0.2) is 4.98 Å². The van der Waals surface area contributed by atoms with Crippen molar-refractivity contribution in [3.8, 4) is 0 Å². The quantitative estimate of drug-likeness (QED) is 0.500. The molecule has 1 rings (SSSR count). The molecule has 0 fully saturated rings. The predicted octanol–water partition coefficient (Wildman–Crippen LogP) is 1.46. The molecule has 0 amide bonds. The molecule has 1 aromatic rings. The van der Waals surface area contributed by atoms with Crippen molar-refractivity contribution in [1.82, 2.24) is 4.98 Å². The third-order valence-electron chi connectivity index (χ3n) is 0.524. The van der Waals surface area contributed by atoms with E-state index in [1.165, 1.54) is 16.7 Å². The minimum absolute atomic E-state index is 0.435. The Morgan fingerprint density at radius 2 is 2.57 bits per heavy atom. The van der Waals surface area contributed by atoms with Crippen LogP contribution in [0.15, 0.2) is 5.38 Å². The van der Waals surface area contributed by atoms with Crippen molar-refractivity contribution in [3.05, 3.63) is 23.3 Å². The summed E-state index contributed by atoms with van der Waals surface area (Å²) in [5, 5.41) is 1.85. The summed E-state index contributed by atoms with van der Waals surface area (Å²) in [5.41, 5.74) is 0. The van der Waals surface area contributed by atoms with E-state index in [0.717, 1.165) is 0 Å². The monoisotopic (exact) mass is 116 g/mol. The third-order valence-corrected chi connectivity index (χ3v) is 1.20. The average Bonchev–Trinajstić information content (AvgIpc) is 1.87. The van der Waals surface area contributed by atoms with Crippen LogP contribution < -0.4 is 0 Å². The van der Waals surface area contributed by atoms with Crippen LogP contribution in [0.25, 0.3) is 0 Å². The molecule has 0 unspecified atom stereocenters. The first-order chi connectivity index (χ1) is 3.29. The first kappa shape index (κ1) is 4.71. The Morgan fingerprint density at radius 1 is 1.86 bits per heavy atom. The van der Waals surface area contributed by atoms with Crippen LogP contribution in [0.3, 0.4) is 0 Å². The lowest BCUT2D eigenvalue weighted by Gasteiger charge is -1.67. The molecule has 0 aliphatic rings. The fourth-order valence-corrected chi connectivity index (χ4v) is 0.714. The Hall–Kier alpha value is -0.440. The molecule has 37 valence electrons. The normalized spacial score (nSPS) is 9.43. The van der Waals surface area contributed by atoms with Crippen LogP contribution in [0.5, 0.6) is 0 Å². The molecule has 0 saturated heterocycles. The van der Waals surface area contributed by atoms with Crippen LogP contribution >= 0.6 is 11.3 Å². The first-order valence-electron chi connectivity index (χ1n) is 1.72. The van der Waals surface area contributed by atoms with E-state index in [-0.39, 0.29) is 0 Å². The first-order valence-corrected chi connectivity index (χ1v) is 2.60. The van der Waals surface area contributed by atoms with Gasteiger partial charge in [0.15, 0.2) is 0 Å². The molecule has 0 bridgehead atoms. The molecular weight excluding hydrogens is 113 g/mol. The molecule has 0 aliphatic carbocycles. The van der Waals surface area contributed by atoms with Gasteiger partial charge in [-0.25, -0.2) is 4.98 Å². The van der Waals surface area contributed by atoms with Gasteiger partial charge in [-0.2, -0.15) is 4.39 Å². The van der Waals surface area contributed by atoms with Crippen LogP contribution in [0.2, 0.25) is 0 Å². The smallest absolute Gasteiger partial charge is 0.213 e. The molecule has 0 aromatic carbocycles. The summed E-state index contributed by atoms with van der Waals surface area (Å²) in [5.74, 6) is -0.435. The predicted molar refractivity (Wildman–Crippen MR) is 26.5 cm³/mol. The van der Waals surface area contributed by atoms with Gasteiger partial charge in [-0.15, -0.1) is 11.3 Å². The lowest BCUT2D eigenvalue weighted by molar-refractivity contribution is 0.591. The molecule has 0 aliphatic heterocycles. The number of rotatable bonds is 0. The minimum Gasteiger partial charge on any atom is -0.213 e. The molecule has 1 nitrogen and oxygen atoms in total. The van der Waals surface area contributed by atoms with Crippen molar-refractivity contribution in [2.24, 2.45) is 0 Å². The summed E-state index contributed by atoms with van der Waals surface area (Å²) in [7, 11) is 0. The summed E-state index contributed by atoms with van der Waals surface area (Å²) in [6.45, 7) is 3.41. The summed E-state index contributed by atoms with van der Waals surface area (Å²) < 4.78 is 11.8. The standard InChI is InChI=1S/C4H3FNS/c1-3-6-4(5)2-7-3/h2H,1H2. The molecule has 3 heteroatoms. The highest BCUT2D eigenvalue weighted by atomic mass is 32.1. The van der Waals surface area contributed by atoms with Gasteiger partial charge >= 0.3 is 0 Å². The summed E-state index contributed by atoms with van der Waals surface area (Å²) in [6.07, 6.45) is 0. The fraction of sp³-hybridized carbons (Fsp3) is 0. The molecule has 0 atom stereocenters. The van der Waals surface area contributed by atoms with Gasteiger partial charge in [-0.3, -0.25) is 0 Å². The maximum atomic E-state index is 11.8. The largest absolute Gasteiger partial charge is 0.223 e. The maximum Gasteiger partial charge on any atom is 0.223 e. The lowest BCUT2D eigenvalue weighted by atomic mass is 10.8. The van der Waals surface area contributed by atoms with Crippen molar-refractivity contribution in [2.45, 2.75) is 0 Å². The summed E-state index contributed by atoms with van der Waals surface area (Å²) in [6, 6.07) is 0. The Morgan fingerprint density at radius 3 is 2.71 bits per heavy atom. The number of hydrogen-bond acceptors (Lipinski definition) is 2. The second kappa shape index (κ2) is 1.58. The van der Waals surface area contributed by atoms with E-state index in [2.05, 4.69) is 11.9 Å². The van der Waals surface area contributed by atoms with Crippen molar-refractivity contribution < 1.29 is 4.39 Å². The van der Waals surface area contributed by atoms with Gasteiger partial charge in [-0.05, 0) is 0 Å². The van der Waals surface area contributed by atoms with Crippen LogP contribution in [0, 0.1) is 12.9 Å². The minimum atomic E-state index is -0.435. The van der Waals surface area contributed by atoms with Crippen molar-refractivity contribution in [2.75, 3.05) is 0 Å². The fourth-order valence-electron chi connectivity index (χ4n) is 0.288. The summed E-state index contributed by atoms with van der Waals surface area (Å²) >= 11 is 1.21. The maximum absolute atomic E-state index is 11.8. The van der Waals surface area contributed by atoms with Gasteiger partial charge in [0.2, 0.25) is 5.95 Å². The van der Waals surface area contributed by atoms with Crippen LogP contribution in [-0.2, 0) is 0 Å². The van der Waals surface area contributed by atoms with E-state index in [9.17, 15) is 4.39 Å². The van der Waals surface area contributed by atoms with Crippen LogP contribution in [0.4, 0.5) is 4.39 Å². The van der Waals surface area contributed by atoms with Gasteiger partial charge in [0.05, 0.1) is 5.01 Å². The Balaban J connectivity index is 3.04. The number of hydrogen-bond donors (Lipinski definition) is 0. The van der Waals surface area contributed by atoms with Gasteiger partial charge < -0.3 is 0 Å². The zero-order valence-electron chi connectivity index (χ0n) is 3.52. The SMILES string of the molecule is [CH2]c1nc(F)cs1. The van der Waals surface area contributed by atoms with Crippen molar-refractivity contribution in [1.29, 1.82) is 0 Å². The van der Waals surface area contributed by atoms with Gasteiger partial charge in [0.1, 0.15) is 0 Å². The Labute approximate surface area is 44.8 Å². The number of nitrogens with zero attached hydrogens (tertiary/aromatic N) is 1. The topological polar surface area (TPSA) is 12.9 Å². The molecule has 7 heavy (non-hydrogen) atoms. The number of thiazole rings is 1. The molecule has 0 N–H and O–H groups in total. The van der Waals surface area contributed by atoms with E-state index in [1.54, 1.807) is 0 Å². The zero-order valence-corrected chi connectivity index (χ0v) is 4.33. The lowest BCUT2D eigenvalue weighted by Crippen LogP contribution is -1.68. The summed E-state index contributed by atoms with van der Waals surface area (Å²) in [4.78, 5) is 3.35. The number of aromatic nitrogens is 1. The molecular formula is C4H3FNS. The van der Waals surface area contributed by atoms with Crippen molar-refractivity contribution >= 4 is 11.3 Å². The van der Waals surface area contributed by atoms with Gasteiger partial charge in [0.25, 0.3) is 0 Å². The molecule has 1 radical (unpaired) electrons. The van der Waals surface area contributed by atoms with E-state index in [4.69, 9.17) is 0 Å². The highest BCUT2D eigenvalue weighted by Crippen LogP contribution is 2.04. The molecule has 1 heterocycles. The highest BCUT2D eigenvalue weighted by Gasteiger charge is 1.90. The Bertz CT molecular complexity index is 144. The van der Waals surface area contributed by atoms with Crippen molar-refractivity contribution in [3.63, 3.8) is 0 Å². The second-order valence-corrected chi connectivity index (χ2v) is 2.01. The van der Waals surface area contributed by atoms with E-state index in [0.29, 0.717) is 5.01 Å². The second-order valence-electron chi connectivity index (χ2n) is 1.06. The molecule has 0 spiro atoms. The van der Waals surface area contributed by atoms with Crippen LogP contribution in [0.1, 0.15) is 5.01 Å². The van der Waals surface area contributed by atoms with E-state index >= 15 is 0 Å². The Kier molecular flexibility index (Phi) is 1.06. The number of halogens is 1. The molecule has 1 aromatic heterocycles. The van der Waals surface area contributed by atoms with Gasteiger partial charge in [0, 0.05) is 12.3 Å². The van der Waals surface area contributed by atoms with E-state index < -0.39 is 5.95 Å². The third kappa shape index (κ3) is 0.962. The average molecular weight is 116 g/mol.